The Bertz CT molecular complexity index is 1630. The van der Waals surface area contributed by atoms with Crippen LogP contribution in [0.25, 0.3) is 5.69 Å². The number of halogens is 2. The van der Waals surface area contributed by atoms with Crippen LogP contribution in [0.4, 0.5) is 4.79 Å². The number of urea groups is 1. The van der Waals surface area contributed by atoms with Crippen LogP contribution in [0.3, 0.4) is 0 Å². The van der Waals surface area contributed by atoms with Crippen molar-refractivity contribution >= 4 is 47.3 Å². The minimum Gasteiger partial charge on any atom is -0.493 e. The maximum Gasteiger partial charge on any atom is 0.338 e. The Morgan fingerprint density at radius 2 is 1.84 bits per heavy atom. The summed E-state index contributed by atoms with van der Waals surface area (Å²) in [5, 5.41) is 10.3. The van der Waals surface area contributed by atoms with Crippen molar-refractivity contribution in [1.82, 2.24) is 20.6 Å². The molecule has 0 saturated carbocycles. The van der Waals surface area contributed by atoms with Gasteiger partial charge in [0.1, 0.15) is 0 Å². The highest BCUT2D eigenvalue weighted by atomic mass is 35.5. The summed E-state index contributed by atoms with van der Waals surface area (Å²) in [4.78, 5) is 37.2. The van der Waals surface area contributed by atoms with Gasteiger partial charge in [-0.15, -0.1) is 0 Å². The number of amides is 3. The predicted octanol–water partition coefficient (Wildman–Crippen LogP) is 5.13. The minimum absolute atomic E-state index is 0.184. The molecule has 2 aromatic carbocycles. The standard InChI is InChI=1S/C30H31Cl2N5O6/c1-6-42-29(39)27-17(3)34-30(40)35-28(27)19-7-10-24(25(12-19)41-5)43-15-26(38)36-33-14-20-11-16(2)37(18(20)4)21-8-9-22(31)23(32)13-21/h7-14,28H,6,15H2,1-5H3,(H,36,38)(H2,34,35,40)/b33-14-/t28-/m0/s1. The lowest BCUT2D eigenvalue weighted by Gasteiger charge is -2.28. The first kappa shape index (κ1) is 31.5. The van der Waals surface area contributed by atoms with E-state index in [0.717, 1.165) is 22.6 Å². The Kier molecular flexibility index (Phi) is 9.99. The van der Waals surface area contributed by atoms with Crippen LogP contribution in [0.15, 0.2) is 58.8 Å². The van der Waals surface area contributed by atoms with E-state index in [4.69, 9.17) is 37.4 Å². The van der Waals surface area contributed by atoms with Crippen LogP contribution in [0.1, 0.15) is 42.4 Å². The number of nitrogens with zero attached hydrogens (tertiary/aromatic N) is 2. The summed E-state index contributed by atoms with van der Waals surface area (Å²) in [6.45, 7) is 7.05. The zero-order valence-electron chi connectivity index (χ0n) is 24.2. The van der Waals surface area contributed by atoms with Crippen LogP contribution in [0, 0.1) is 13.8 Å². The van der Waals surface area contributed by atoms with E-state index in [2.05, 4.69) is 21.2 Å². The van der Waals surface area contributed by atoms with Crippen molar-refractivity contribution in [3.05, 3.63) is 86.3 Å². The molecule has 3 amide bonds. The SMILES string of the molecule is CCOC(=O)C1=C(C)NC(=O)N[C@H]1c1ccc(OCC(=O)N/N=C\c2cc(C)n(-c3ccc(Cl)c(Cl)c3)c2C)c(OC)c1. The Labute approximate surface area is 258 Å². The first-order valence-electron chi connectivity index (χ1n) is 13.3. The second-order valence-electron chi connectivity index (χ2n) is 9.54. The molecule has 13 heteroatoms. The zero-order chi connectivity index (χ0) is 31.3. The lowest BCUT2D eigenvalue weighted by Crippen LogP contribution is -2.45. The Hall–Kier alpha value is -4.48. The Morgan fingerprint density at radius 3 is 2.53 bits per heavy atom. The van der Waals surface area contributed by atoms with Gasteiger partial charge in [-0.1, -0.05) is 29.3 Å². The van der Waals surface area contributed by atoms with Gasteiger partial charge in [0.15, 0.2) is 18.1 Å². The molecule has 0 aliphatic carbocycles. The molecule has 0 radical (unpaired) electrons. The fraction of sp³-hybridized carbons (Fsp3) is 0.267. The van der Waals surface area contributed by atoms with E-state index >= 15 is 0 Å². The van der Waals surface area contributed by atoms with E-state index in [9.17, 15) is 14.4 Å². The van der Waals surface area contributed by atoms with E-state index in [1.54, 1.807) is 50.4 Å². The third-order valence-electron chi connectivity index (χ3n) is 6.67. The van der Waals surface area contributed by atoms with Crippen molar-refractivity contribution in [2.75, 3.05) is 20.3 Å². The van der Waals surface area contributed by atoms with Gasteiger partial charge in [0.05, 0.1) is 41.6 Å². The molecule has 3 N–H and O–H groups in total. The molecule has 1 atom stereocenters. The Morgan fingerprint density at radius 1 is 1.07 bits per heavy atom. The van der Waals surface area contributed by atoms with Gasteiger partial charge < -0.3 is 29.4 Å². The number of hydrazone groups is 1. The number of hydrogen-bond acceptors (Lipinski definition) is 7. The molecule has 0 fully saturated rings. The average molecular weight is 629 g/mol. The molecular formula is C30H31Cl2N5O6. The van der Waals surface area contributed by atoms with E-state index in [0.29, 0.717) is 27.1 Å². The van der Waals surface area contributed by atoms with E-state index in [1.807, 2.05) is 30.5 Å². The molecule has 2 heterocycles. The zero-order valence-corrected chi connectivity index (χ0v) is 25.7. The maximum atomic E-state index is 12.6. The number of esters is 1. The number of nitrogens with one attached hydrogen (secondary N) is 3. The number of ether oxygens (including phenoxy) is 3. The lowest BCUT2D eigenvalue weighted by molar-refractivity contribution is -0.139. The summed E-state index contributed by atoms with van der Waals surface area (Å²) in [5.74, 6) is -0.453. The predicted molar refractivity (Wildman–Crippen MR) is 163 cm³/mol. The van der Waals surface area contributed by atoms with Crippen LogP contribution < -0.4 is 25.5 Å². The quantitative estimate of drug-likeness (QED) is 0.162. The number of aryl methyl sites for hydroxylation is 1. The van der Waals surface area contributed by atoms with Gasteiger partial charge in [-0.05, 0) is 69.7 Å². The number of hydrogen-bond donors (Lipinski definition) is 3. The third kappa shape index (κ3) is 7.12. The van der Waals surface area contributed by atoms with Gasteiger partial charge in [-0.3, -0.25) is 4.79 Å². The molecule has 43 heavy (non-hydrogen) atoms. The van der Waals surface area contributed by atoms with Crippen molar-refractivity contribution in [1.29, 1.82) is 0 Å². The highest BCUT2D eigenvalue weighted by Crippen LogP contribution is 2.34. The van der Waals surface area contributed by atoms with Crippen LogP contribution in [-0.2, 0) is 14.3 Å². The van der Waals surface area contributed by atoms with E-state index in [-0.39, 0.29) is 24.5 Å². The number of methoxy groups -OCH3 is 1. The van der Waals surface area contributed by atoms with Crippen molar-refractivity contribution in [3.8, 4) is 17.2 Å². The van der Waals surface area contributed by atoms with Crippen molar-refractivity contribution in [2.24, 2.45) is 5.10 Å². The molecule has 226 valence electrons. The molecule has 1 aromatic heterocycles. The number of aromatic nitrogens is 1. The summed E-state index contributed by atoms with van der Waals surface area (Å²) in [5.41, 5.74) is 7.19. The van der Waals surface area contributed by atoms with Gasteiger partial charge in [-0.25, -0.2) is 15.0 Å². The maximum absolute atomic E-state index is 12.6. The van der Waals surface area contributed by atoms with Crippen LogP contribution >= 0.6 is 23.2 Å². The second-order valence-corrected chi connectivity index (χ2v) is 10.4. The summed E-state index contributed by atoms with van der Waals surface area (Å²) >= 11 is 12.2. The first-order chi connectivity index (χ1) is 20.5. The molecule has 11 nitrogen and oxygen atoms in total. The van der Waals surface area contributed by atoms with Crippen LogP contribution in [-0.4, -0.2) is 49.0 Å². The molecule has 0 spiro atoms. The number of allylic oxidation sites excluding steroid dienone is 1. The normalized spacial score (nSPS) is 14.8. The number of carbonyl (C=O) groups excluding carboxylic acids is 3. The van der Waals surface area contributed by atoms with Gasteiger partial charge in [-0.2, -0.15) is 5.10 Å². The van der Waals surface area contributed by atoms with Crippen molar-refractivity contribution in [3.63, 3.8) is 0 Å². The number of rotatable bonds is 10. The summed E-state index contributed by atoms with van der Waals surface area (Å²) in [6, 6.07) is 11.0. The van der Waals surface area contributed by atoms with Gasteiger partial charge in [0.2, 0.25) is 0 Å². The summed E-state index contributed by atoms with van der Waals surface area (Å²) in [6.07, 6.45) is 1.55. The minimum atomic E-state index is -0.771. The molecule has 0 unspecified atom stereocenters. The van der Waals surface area contributed by atoms with Crippen molar-refractivity contribution < 1.29 is 28.6 Å². The van der Waals surface area contributed by atoms with Crippen LogP contribution in [0.2, 0.25) is 10.0 Å². The molecule has 1 aliphatic heterocycles. The van der Waals surface area contributed by atoms with E-state index < -0.39 is 23.9 Å². The summed E-state index contributed by atoms with van der Waals surface area (Å²) < 4.78 is 18.3. The topological polar surface area (TPSA) is 132 Å². The Balaban J connectivity index is 1.42. The van der Waals surface area contributed by atoms with E-state index in [1.165, 1.54) is 7.11 Å². The molecule has 0 bridgehead atoms. The molecule has 3 aromatic rings. The highest BCUT2D eigenvalue weighted by Gasteiger charge is 2.32. The fourth-order valence-electron chi connectivity index (χ4n) is 4.70. The first-order valence-corrected chi connectivity index (χ1v) is 14.0. The monoisotopic (exact) mass is 627 g/mol. The van der Waals surface area contributed by atoms with Gasteiger partial charge in [0, 0.05) is 28.3 Å². The lowest BCUT2D eigenvalue weighted by atomic mass is 9.95. The van der Waals surface area contributed by atoms with Crippen LogP contribution in [0.5, 0.6) is 11.5 Å². The van der Waals surface area contributed by atoms with Gasteiger partial charge in [0.25, 0.3) is 5.91 Å². The molecule has 4 rings (SSSR count). The second kappa shape index (κ2) is 13.7. The molecule has 0 saturated heterocycles. The van der Waals surface area contributed by atoms with Crippen molar-refractivity contribution in [2.45, 2.75) is 33.7 Å². The molecule has 1 aliphatic rings. The third-order valence-corrected chi connectivity index (χ3v) is 7.41. The largest absolute Gasteiger partial charge is 0.493 e. The van der Waals surface area contributed by atoms with Gasteiger partial charge >= 0.3 is 12.0 Å². The smallest absolute Gasteiger partial charge is 0.338 e. The average Bonchev–Trinajstić information content (AvgIpc) is 3.25. The number of benzene rings is 2. The number of carbonyl (C=O) groups is 3. The fourth-order valence-corrected chi connectivity index (χ4v) is 4.99. The highest BCUT2D eigenvalue weighted by molar-refractivity contribution is 6.42. The molecular weight excluding hydrogens is 597 g/mol. The summed E-state index contributed by atoms with van der Waals surface area (Å²) in [7, 11) is 1.44.